The van der Waals surface area contributed by atoms with E-state index in [0.29, 0.717) is 35.0 Å². The molecule has 16 heteroatoms. The predicted octanol–water partition coefficient (Wildman–Crippen LogP) is 8.01. The van der Waals surface area contributed by atoms with Gasteiger partial charge in [-0.1, -0.05) is 70.1 Å². The van der Waals surface area contributed by atoms with Gasteiger partial charge in [0.2, 0.25) is 17.7 Å². The number of allylic oxidation sites excluding steroid dienone is 1. The lowest BCUT2D eigenvalue weighted by Gasteiger charge is -2.32. The summed E-state index contributed by atoms with van der Waals surface area (Å²) in [7, 11) is 1.20. The Labute approximate surface area is 375 Å². The summed E-state index contributed by atoms with van der Waals surface area (Å²) in [4.78, 5) is 61.8. The number of ether oxygens (including phenoxy) is 4. The zero-order valence-electron chi connectivity index (χ0n) is 37.8. The zero-order valence-corrected chi connectivity index (χ0v) is 39.3. The predicted molar refractivity (Wildman–Crippen MR) is 240 cm³/mol. The van der Waals surface area contributed by atoms with Gasteiger partial charge in [-0.3, -0.25) is 9.59 Å². The van der Waals surface area contributed by atoms with Crippen molar-refractivity contribution in [3.05, 3.63) is 40.8 Å². The third-order valence-electron chi connectivity index (χ3n) is 13.2. The highest BCUT2D eigenvalue weighted by Gasteiger charge is 2.61. The van der Waals surface area contributed by atoms with Crippen LogP contribution in [0.1, 0.15) is 126 Å². The van der Waals surface area contributed by atoms with Crippen LogP contribution >= 0.6 is 15.9 Å². The summed E-state index contributed by atoms with van der Waals surface area (Å²) in [6.45, 7) is 14.1. The van der Waals surface area contributed by atoms with Crippen molar-refractivity contribution in [1.82, 2.24) is 20.5 Å². The molecule has 3 amide bonds. The lowest BCUT2D eigenvalue weighted by atomic mass is 9.89. The number of esters is 1. The highest BCUT2D eigenvalue weighted by atomic mass is 79.9. The lowest BCUT2D eigenvalue weighted by Crippen LogP contribution is -2.56. The molecule has 62 heavy (non-hydrogen) atoms. The number of para-hydroxylation sites is 1. The van der Waals surface area contributed by atoms with Gasteiger partial charge in [-0.2, -0.15) is 0 Å². The van der Waals surface area contributed by atoms with Crippen molar-refractivity contribution < 1.29 is 47.4 Å². The minimum Gasteiger partial charge on any atom is -0.495 e. The van der Waals surface area contributed by atoms with E-state index in [1.54, 1.807) is 14.0 Å². The summed E-state index contributed by atoms with van der Waals surface area (Å²) < 4.78 is 36.0. The fourth-order valence-electron chi connectivity index (χ4n) is 8.51. The SMILES string of the molecule is CCCCCCCC(NC(=O)OC1CC1CCCC=CB1OC(C)(C)C(C)(C)O1)C(=O)N1CC(Oc2nc3ccccc3c(OC)c2Br)CC1C(=O)NC1(C(=O)OCC)CC1C. The fraction of sp³-hybridized carbons (Fsp3) is 0.674. The number of hydrogen-bond donors (Lipinski definition) is 2. The molecular weight excluding hydrogens is 859 g/mol. The Bertz CT molecular complexity index is 1950. The fourth-order valence-corrected chi connectivity index (χ4v) is 9.07. The number of fused-ring (bicyclic) bond motifs is 1. The second-order valence-electron chi connectivity index (χ2n) is 18.4. The van der Waals surface area contributed by atoms with Gasteiger partial charge in [0.15, 0.2) is 0 Å². The molecule has 340 valence electrons. The van der Waals surface area contributed by atoms with Crippen LogP contribution < -0.4 is 20.1 Å². The van der Waals surface area contributed by atoms with Gasteiger partial charge in [-0.15, -0.1) is 0 Å². The number of aromatic nitrogens is 1. The number of carbonyl (C=O) groups excluding carboxylic acids is 4. The molecule has 6 rings (SSSR count). The number of nitrogens with zero attached hydrogens (tertiary/aromatic N) is 2. The molecule has 7 atom stereocenters. The smallest absolute Gasteiger partial charge is 0.486 e. The molecule has 2 aromatic rings. The Morgan fingerprint density at radius 2 is 1.74 bits per heavy atom. The number of halogens is 1. The Balaban J connectivity index is 1.13. The average Bonchev–Trinajstić information content (AvgIpc) is 4.04. The quantitative estimate of drug-likeness (QED) is 0.0708. The summed E-state index contributed by atoms with van der Waals surface area (Å²) in [6.07, 6.45) is 9.65. The summed E-state index contributed by atoms with van der Waals surface area (Å²) in [5.74, 6) is 1.49. The molecule has 4 fully saturated rings. The van der Waals surface area contributed by atoms with Gasteiger partial charge in [0, 0.05) is 11.8 Å². The topological polar surface area (TPSA) is 164 Å². The van der Waals surface area contributed by atoms with Crippen molar-refractivity contribution in [2.45, 2.75) is 167 Å². The van der Waals surface area contributed by atoms with Crippen LogP contribution in [0.4, 0.5) is 4.79 Å². The first kappa shape index (κ1) is 47.6. The van der Waals surface area contributed by atoms with Crippen LogP contribution in [0.5, 0.6) is 11.6 Å². The molecule has 7 unspecified atom stereocenters. The van der Waals surface area contributed by atoms with Crippen LogP contribution in [-0.4, -0.2) is 102 Å². The average molecular weight is 926 g/mol. The summed E-state index contributed by atoms with van der Waals surface area (Å²) in [5, 5.41) is 6.65. The highest BCUT2D eigenvalue weighted by molar-refractivity contribution is 9.10. The van der Waals surface area contributed by atoms with E-state index in [1.807, 2.05) is 64.9 Å². The minimum atomic E-state index is -1.16. The second kappa shape index (κ2) is 20.3. The van der Waals surface area contributed by atoms with Gasteiger partial charge in [0.25, 0.3) is 0 Å². The molecule has 2 saturated carbocycles. The molecular formula is C46H66BBrN4O10. The Morgan fingerprint density at radius 3 is 2.42 bits per heavy atom. The molecule has 2 N–H and O–H groups in total. The number of nitrogens with one attached hydrogen (secondary N) is 2. The number of methoxy groups -OCH3 is 1. The lowest BCUT2D eigenvalue weighted by molar-refractivity contribution is -0.150. The number of pyridine rings is 1. The van der Waals surface area contributed by atoms with E-state index in [9.17, 15) is 19.2 Å². The van der Waals surface area contributed by atoms with Gasteiger partial charge in [-0.25, -0.2) is 14.6 Å². The molecule has 0 radical (unpaired) electrons. The first-order valence-electron chi connectivity index (χ1n) is 22.6. The molecule has 0 bridgehead atoms. The monoisotopic (exact) mass is 924 g/mol. The van der Waals surface area contributed by atoms with Crippen molar-refractivity contribution in [2.75, 3.05) is 20.3 Å². The molecule has 3 heterocycles. The van der Waals surface area contributed by atoms with Crippen molar-refractivity contribution in [3.8, 4) is 11.6 Å². The largest absolute Gasteiger partial charge is 0.495 e. The Hall–Kier alpha value is -3.89. The maximum Gasteiger partial charge on any atom is 0.486 e. The summed E-state index contributed by atoms with van der Waals surface area (Å²) in [6, 6.07) is 5.57. The van der Waals surface area contributed by atoms with Crippen LogP contribution in [0.2, 0.25) is 0 Å². The first-order valence-corrected chi connectivity index (χ1v) is 23.4. The molecule has 2 saturated heterocycles. The summed E-state index contributed by atoms with van der Waals surface area (Å²) >= 11 is 3.61. The van der Waals surface area contributed by atoms with Gasteiger partial charge < -0.3 is 43.8 Å². The van der Waals surface area contributed by atoms with Crippen LogP contribution in [0.25, 0.3) is 10.9 Å². The van der Waals surface area contributed by atoms with Gasteiger partial charge in [0.1, 0.15) is 40.1 Å². The van der Waals surface area contributed by atoms with E-state index in [1.165, 1.54) is 4.90 Å². The number of unbranched alkanes of at least 4 members (excludes halogenated alkanes) is 5. The van der Waals surface area contributed by atoms with Crippen molar-refractivity contribution >= 4 is 57.8 Å². The standard InChI is InChI=1S/C46H66BBrN4O10/c1-9-11-12-13-16-23-34(50-43(56)60-36-25-30(36)20-15-14-19-24-47-61-44(4,5)45(6,7)62-47)41(54)52-28-31(26-35(52)39(53)51-46(27-29(46)3)42(55)58-10-2)59-40-37(48)38(57-8)32-21-17-18-22-33(32)49-40/h17-19,21-22,24,29-31,34-36H,9-16,20,23,25-28H2,1-8H3,(H,50,56)(H,51,53). The molecule has 1 aromatic heterocycles. The van der Waals surface area contributed by atoms with Gasteiger partial charge >= 0.3 is 19.2 Å². The van der Waals surface area contributed by atoms with Crippen LogP contribution in [-0.2, 0) is 33.2 Å². The molecule has 4 aliphatic rings. The van der Waals surface area contributed by atoms with E-state index in [-0.39, 0.29) is 61.7 Å². The van der Waals surface area contributed by atoms with E-state index >= 15 is 0 Å². The van der Waals surface area contributed by atoms with Crippen molar-refractivity contribution in [3.63, 3.8) is 0 Å². The normalized spacial score (nSPS) is 26.3. The number of likely N-dealkylation sites (tertiary alicyclic amines) is 1. The van der Waals surface area contributed by atoms with E-state index in [4.69, 9.17) is 33.2 Å². The Morgan fingerprint density at radius 1 is 1.03 bits per heavy atom. The number of benzene rings is 1. The van der Waals surface area contributed by atoms with Crippen LogP contribution in [0.3, 0.4) is 0 Å². The van der Waals surface area contributed by atoms with Crippen molar-refractivity contribution in [2.24, 2.45) is 11.8 Å². The van der Waals surface area contributed by atoms with Crippen molar-refractivity contribution in [1.29, 1.82) is 0 Å². The number of alkyl carbamates (subject to hydrolysis) is 1. The zero-order chi connectivity index (χ0) is 44.8. The number of hydrogen-bond acceptors (Lipinski definition) is 11. The van der Waals surface area contributed by atoms with E-state index in [2.05, 4.69) is 39.6 Å². The third kappa shape index (κ3) is 11.1. The second-order valence-corrected chi connectivity index (χ2v) is 19.2. The highest BCUT2D eigenvalue weighted by Crippen LogP contribution is 2.45. The Kier molecular flexibility index (Phi) is 15.6. The maximum atomic E-state index is 14.7. The minimum absolute atomic E-state index is 0.0405. The number of rotatable bonds is 21. The summed E-state index contributed by atoms with van der Waals surface area (Å²) in [5.41, 5.74) is -1.27. The first-order chi connectivity index (χ1) is 29.5. The molecule has 2 aliphatic carbocycles. The van der Waals surface area contributed by atoms with Crippen LogP contribution in [0, 0.1) is 11.8 Å². The molecule has 14 nitrogen and oxygen atoms in total. The van der Waals surface area contributed by atoms with Gasteiger partial charge in [0.05, 0.1) is 37.0 Å². The van der Waals surface area contributed by atoms with Crippen LogP contribution in [0.15, 0.2) is 40.8 Å². The van der Waals surface area contributed by atoms with E-state index < -0.39 is 47.6 Å². The molecule has 2 aliphatic heterocycles. The maximum absolute atomic E-state index is 14.7. The third-order valence-corrected chi connectivity index (χ3v) is 13.9. The van der Waals surface area contributed by atoms with E-state index in [0.717, 1.165) is 56.8 Å². The van der Waals surface area contributed by atoms with Gasteiger partial charge in [-0.05, 0) is 113 Å². The molecule has 0 spiro atoms. The number of amides is 3. The number of carbonyl (C=O) groups is 4. The molecule has 1 aromatic carbocycles.